The first-order valence-electron chi connectivity index (χ1n) is 6.21. The number of hydrogen-bond acceptors (Lipinski definition) is 4. The van der Waals surface area contributed by atoms with E-state index >= 15 is 0 Å². The van der Waals surface area contributed by atoms with E-state index in [1.54, 1.807) is 0 Å². The van der Waals surface area contributed by atoms with Gasteiger partial charge in [0.25, 0.3) is 0 Å². The molecule has 0 saturated heterocycles. The Morgan fingerprint density at radius 3 is 1.90 bits per heavy atom. The molecule has 0 amide bonds. The molecule has 106 valence electrons. The van der Waals surface area contributed by atoms with Crippen molar-refractivity contribution < 1.29 is 19.1 Å². The second kappa shape index (κ2) is 7.94. The largest absolute Gasteiger partial charge is 0.462 e. The van der Waals surface area contributed by atoms with Crippen LogP contribution in [0.5, 0.6) is 0 Å². The van der Waals surface area contributed by atoms with Gasteiger partial charge in [-0.2, -0.15) is 0 Å². The zero-order valence-electron chi connectivity index (χ0n) is 11.5. The highest BCUT2D eigenvalue weighted by molar-refractivity contribution is 5.81. The van der Waals surface area contributed by atoms with Crippen LogP contribution in [0.1, 0.15) is 17.0 Å². The number of carbonyl (C=O) groups excluding carboxylic acids is 2. The smallest absolute Gasteiger partial charge is 0.330 e. The standard InChI is InChI=1S/C16H18O4/c1-4-15(17)19-10-14(11-20-16(18)5-2)13-8-6-12(3)7-9-13/h4-9,14H,1-2,10-11H2,3H3. The van der Waals surface area contributed by atoms with Crippen molar-refractivity contribution in [3.8, 4) is 0 Å². The number of esters is 2. The molecule has 0 unspecified atom stereocenters. The van der Waals surface area contributed by atoms with Crippen LogP contribution in [0.25, 0.3) is 0 Å². The van der Waals surface area contributed by atoms with Crippen LogP contribution in [0.2, 0.25) is 0 Å². The molecule has 0 bridgehead atoms. The lowest BCUT2D eigenvalue weighted by Crippen LogP contribution is -2.18. The van der Waals surface area contributed by atoms with Crippen LogP contribution in [0, 0.1) is 6.92 Å². The number of aryl methyl sites for hydroxylation is 1. The van der Waals surface area contributed by atoms with Gasteiger partial charge >= 0.3 is 11.9 Å². The molecular weight excluding hydrogens is 256 g/mol. The predicted octanol–water partition coefficient (Wildman–Crippen LogP) is 2.54. The van der Waals surface area contributed by atoms with Gasteiger partial charge in [-0.15, -0.1) is 0 Å². The van der Waals surface area contributed by atoms with Crippen molar-refractivity contribution in [2.24, 2.45) is 0 Å². The lowest BCUT2D eigenvalue weighted by atomic mass is 10.00. The van der Waals surface area contributed by atoms with Crippen molar-refractivity contribution in [3.63, 3.8) is 0 Å². The van der Waals surface area contributed by atoms with E-state index in [2.05, 4.69) is 13.2 Å². The average Bonchev–Trinajstić information content (AvgIpc) is 2.47. The summed E-state index contributed by atoms with van der Waals surface area (Å²) in [6, 6.07) is 7.74. The maximum Gasteiger partial charge on any atom is 0.330 e. The van der Waals surface area contributed by atoms with E-state index in [9.17, 15) is 9.59 Å². The monoisotopic (exact) mass is 274 g/mol. The van der Waals surface area contributed by atoms with Gasteiger partial charge in [0.05, 0.1) is 5.92 Å². The van der Waals surface area contributed by atoms with Gasteiger partial charge in [-0.3, -0.25) is 0 Å². The third-order valence-corrected chi connectivity index (χ3v) is 2.74. The summed E-state index contributed by atoms with van der Waals surface area (Å²) in [7, 11) is 0. The van der Waals surface area contributed by atoms with Crippen molar-refractivity contribution in [2.75, 3.05) is 13.2 Å². The molecule has 0 aromatic heterocycles. The second-order valence-electron chi connectivity index (χ2n) is 4.28. The van der Waals surface area contributed by atoms with E-state index in [-0.39, 0.29) is 19.1 Å². The van der Waals surface area contributed by atoms with E-state index in [1.807, 2.05) is 31.2 Å². The molecule has 0 spiro atoms. The van der Waals surface area contributed by atoms with E-state index in [0.29, 0.717) is 0 Å². The van der Waals surface area contributed by atoms with Crippen molar-refractivity contribution in [1.82, 2.24) is 0 Å². The quantitative estimate of drug-likeness (QED) is 0.566. The normalized spacial score (nSPS) is 9.90. The van der Waals surface area contributed by atoms with Crippen molar-refractivity contribution in [2.45, 2.75) is 12.8 Å². The minimum Gasteiger partial charge on any atom is -0.462 e. The summed E-state index contributed by atoms with van der Waals surface area (Å²) in [6.45, 7) is 8.90. The number of ether oxygens (including phenoxy) is 2. The zero-order valence-corrected chi connectivity index (χ0v) is 11.5. The molecule has 4 heteroatoms. The molecule has 0 heterocycles. The summed E-state index contributed by atoms with van der Waals surface area (Å²) in [4.78, 5) is 22.3. The highest BCUT2D eigenvalue weighted by atomic mass is 16.5. The summed E-state index contributed by atoms with van der Waals surface area (Å²) in [5.74, 6) is -1.22. The molecule has 4 nitrogen and oxygen atoms in total. The molecule has 0 aliphatic heterocycles. The Hall–Kier alpha value is -2.36. The van der Waals surface area contributed by atoms with Gasteiger partial charge in [0.1, 0.15) is 13.2 Å². The Labute approximate surface area is 118 Å². The number of benzene rings is 1. The minimum absolute atomic E-state index is 0.123. The molecule has 1 rings (SSSR count). The molecule has 0 atom stereocenters. The van der Waals surface area contributed by atoms with Crippen LogP contribution in [-0.2, 0) is 19.1 Å². The second-order valence-corrected chi connectivity index (χ2v) is 4.28. The third kappa shape index (κ3) is 5.10. The number of hydrogen-bond donors (Lipinski definition) is 0. The molecule has 0 aliphatic rings. The fraction of sp³-hybridized carbons (Fsp3) is 0.250. The Balaban J connectivity index is 2.74. The van der Waals surface area contributed by atoms with E-state index in [4.69, 9.17) is 9.47 Å². The lowest BCUT2D eigenvalue weighted by molar-refractivity contribution is -0.141. The summed E-state index contributed by atoms with van der Waals surface area (Å²) < 4.78 is 10.1. The fourth-order valence-electron chi connectivity index (χ4n) is 1.56. The van der Waals surface area contributed by atoms with Crippen LogP contribution >= 0.6 is 0 Å². The fourth-order valence-corrected chi connectivity index (χ4v) is 1.56. The Bertz CT molecular complexity index is 464. The lowest BCUT2D eigenvalue weighted by Gasteiger charge is -2.17. The van der Waals surface area contributed by atoms with E-state index in [0.717, 1.165) is 23.3 Å². The summed E-state index contributed by atoms with van der Waals surface area (Å²) in [5, 5.41) is 0. The topological polar surface area (TPSA) is 52.6 Å². The van der Waals surface area contributed by atoms with Gasteiger partial charge in [-0.05, 0) is 12.5 Å². The Morgan fingerprint density at radius 1 is 1.05 bits per heavy atom. The summed E-state index contributed by atoms with van der Waals surface area (Å²) in [6.07, 6.45) is 2.20. The van der Waals surface area contributed by atoms with Crippen LogP contribution in [0.3, 0.4) is 0 Å². The van der Waals surface area contributed by atoms with Gasteiger partial charge in [0.2, 0.25) is 0 Å². The first kappa shape index (κ1) is 15.7. The SMILES string of the molecule is C=CC(=O)OCC(COC(=O)C=C)c1ccc(C)cc1. The Morgan fingerprint density at radius 2 is 1.50 bits per heavy atom. The van der Waals surface area contributed by atoms with Gasteiger partial charge < -0.3 is 9.47 Å². The van der Waals surface area contributed by atoms with E-state index in [1.165, 1.54) is 0 Å². The highest BCUT2D eigenvalue weighted by Crippen LogP contribution is 2.18. The maximum absolute atomic E-state index is 11.1. The van der Waals surface area contributed by atoms with Crippen molar-refractivity contribution >= 4 is 11.9 Å². The molecule has 0 radical (unpaired) electrons. The van der Waals surface area contributed by atoms with Gasteiger partial charge in [-0.25, -0.2) is 9.59 Å². The highest BCUT2D eigenvalue weighted by Gasteiger charge is 2.15. The molecule has 1 aromatic carbocycles. The zero-order chi connectivity index (χ0) is 15.0. The Kier molecular flexibility index (Phi) is 6.23. The molecule has 20 heavy (non-hydrogen) atoms. The third-order valence-electron chi connectivity index (χ3n) is 2.74. The average molecular weight is 274 g/mol. The van der Waals surface area contributed by atoms with Gasteiger partial charge in [0, 0.05) is 12.2 Å². The van der Waals surface area contributed by atoms with Crippen LogP contribution < -0.4 is 0 Å². The predicted molar refractivity (Wildman–Crippen MR) is 76.2 cm³/mol. The molecule has 0 aliphatic carbocycles. The maximum atomic E-state index is 11.1. The first-order valence-corrected chi connectivity index (χ1v) is 6.21. The molecule has 0 saturated carbocycles. The minimum atomic E-state index is -0.503. The summed E-state index contributed by atoms with van der Waals surface area (Å²) in [5.41, 5.74) is 2.06. The van der Waals surface area contributed by atoms with Gasteiger partial charge in [-0.1, -0.05) is 43.0 Å². The van der Waals surface area contributed by atoms with Crippen molar-refractivity contribution in [1.29, 1.82) is 0 Å². The van der Waals surface area contributed by atoms with Crippen LogP contribution in [0.4, 0.5) is 0 Å². The molecule has 0 fully saturated rings. The van der Waals surface area contributed by atoms with E-state index < -0.39 is 11.9 Å². The van der Waals surface area contributed by atoms with Crippen LogP contribution in [-0.4, -0.2) is 25.2 Å². The molecule has 1 aromatic rings. The first-order chi connectivity index (χ1) is 9.56. The summed E-state index contributed by atoms with van der Waals surface area (Å²) >= 11 is 0. The number of rotatable bonds is 7. The van der Waals surface area contributed by atoms with Gasteiger partial charge in [0.15, 0.2) is 0 Å². The van der Waals surface area contributed by atoms with Crippen LogP contribution in [0.15, 0.2) is 49.6 Å². The number of carbonyl (C=O) groups is 2. The molecular formula is C16H18O4. The van der Waals surface area contributed by atoms with Crippen molar-refractivity contribution in [3.05, 3.63) is 60.7 Å². The molecule has 0 N–H and O–H groups in total.